The van der Waals surface area contributed by atoms with E-state index in [1.165, 1.54) is 6.21 Å². The van der Waals surface area contributed by atoms with Crippen molar-refractivity contribution < 1.29 is 14.3 Å². The van der Waals surface area contributed by atoms with Gasteiger partial charge in [0.15, 0.2) is 0 Å². The van der Waals surface area contributed by atoms with Gasteiger partial charge < -0.3 is 10.1 Å². The van der Waals surface area contributed by atoms with E-state index in [9.17, 15) is 9.59 Å². The molecule has 0 radical (unpaired) electrons. The summed E-state index contributed by atoms with van der Waals surface area (Å²) in [5, 5.41) is 6.31. The van der Waals surface area contributed by atoms with E-state index in [1.54, 1.807) is 30.3 Å². The quantitative estimate of drug-likeness (QED) is 0.395. The van der Waals surface area contributed by atoms with E-state index in [2.05, 4.69) is 15.8 Å². The highest BCUT2D eigenvalue weighted by atomic mass is 16.5. The van der Waals surface area contributed by atoms with Crippen LogP contribution in [0.15, 0.2) is 90.0 Å². The van der Waals surface area contributed by atoms with E-state index in [0.717, 1.165) is 11.1 Å². The van der Waals surface area contributed by atoms with Gasteiger partial charge in [-0.15, -0.1) is 0 Å². The summed E-state index contributed by atoms with van der Waals surface area (Å²) in [6, 6.07) is 25.8. The highest BCUT2D eigenvalue weighted by Gasteiger charge is 2.12. The van der Waals surface area contributed by atoms with Gasteiger partial charge in [-0.25, -0.2) is 5.43 Å². The van der Waals surface area contributed by atoms with Crippen molar-refractivity contribution in [2.24, 2.45) is 5.10 Å². The van der Waals surface area contributed by atoms with Crippen molar-refractivity contribution in [3.63, 3.8) is 0 Å². The van der Waals surface area contributed by atoms with Gasteiger partial charge in [0.2, 0.25) is 0 Å². The van der Waals surface area contributed by atoms with Crippen LogP contribution in [0.2, 0.25) is 0 Å². The van der Waals surface area contributed by atoms with Crippen LogP contribution in [0.3, 0.4) is 0 Å². The van der Waals surface area contributed by atoms with E-state index < -0.39 is 11.8 Å². The predicted octanol–water partition coefficient (Wildman–Crippen LogP) is 3.35. The van der Waals surface area contributed by atoms with Gasteiger partial charge in [0, 0.05) is 5.69 Å². The Labute approximate surface area is 162 Å². The first kappa shape index (κ1) is 18.8. The van der Waals surface area contributed by atoms with Crippen LogP contribution in [0.4, 0.5) is 5.69 Å². The molecule has 0 unspecified atom stereocenters. The minimum absolute atomic E-state index is 0.456. The second-order valence-corrected chi connectivity index (χ2v) is 5.87. The van der Waals surface area contributed by atoms with Crippen LogP contribution in [0.5, 0.6) is 5.75 Å². The lowest BCUT2D eigenvalue weighted by Gasteiger charge is -2.06. The van der Waals surface area contributed by atoms with E-state index >= 15 is 0 Å². The lowest BCUT2D eigenvalue weighted by Crippen LogP contribution is -2.32. The summed E-state index contributed by atoms with van der Waals surface area (Å²) in [6.45, 7) is 0.456. The Morgan fingerprint density at radius 2 is 1.57 bits per heavy atom. The molecule has 28 heavy (non-hydrogen) atoms. The van der Waals surface area contributed by atoms with E-state index in [1.807, 2.05) is 54.6 Å². The van der Waals surface area contributed by atoms with Gasteiger partial charge in [-0.2, -0.15) is 5.10 Å². The summed E-state index contributed by atoms with van der Waals surface area (Å²) in [4.78, 5) is 23.6. The van der Waals surface area contributed by atoms with Crippen molar-refractivity contribution in [3.8, 4) is 5.75 Å². The maximum Gasteiger partial charge on any atom is 0.329 e. The average molecular weight is 373 g/mol. The second kappa shape index (κ2) is 9.68. The number of nitrogens with zero attached hydrogens (tertiary/aromatic N) is 1. The van der Waals surface area contributed by atoms with Crippen LogP contribution in [0.1, 0.15) is 11.1 Å². The first-order valence-electron chi connectivity index (χ1n) is 8.67. The Kier molecular flexibility index (Phi) is 6.52. The summed E-state index contributed by atoms with van der Waals surface area (Å²) in [5.41, 5.74) is 4.54. The molecule has 6 heteroatoms. The van der Waals surface area contributed by atoms with Gasteiger partial charge in [-0.05, 0) is 35.4 Å². The van der Waals surface area contributed by atoms with Gasteiger partial charge in [0.05, 0.1) is 6.21 Å². The number of carbonyl (C=O) groups is 2. The topological polar surface area (TPSA) is 79.8 Å². The van der Waals surface area contributed by atoms with Crippen molar-refractivity contribution in [2.75, 3.05) is 5.32 Å². The number of carbonyl (C=O) groups excluding carboxylic acids is 2. The Hall–Kier alpha value is -3.93. The number of hydrogen-bond acceptors (Lipinski definition) is 4. The van der Waals surface area contributed by atoms with E-state index in [-0.39, 0.29) is 0 Å². The third kappa shape index (κ3) is 5.81. The van der Waals surface area contributed by atoms with Crippen molar-refractivity contribution in [1.29, 1.82) is 0 Å². The molecule has 140 valence electrons. The van der Waals surface area contributed by atoms with Crippen LogP contribution >= 0.6 is 0 Å². The van der Waals surface area contributed by atoms with Crippen molar-refractivity contribution in [3.05, 3.63) is 96.1 Å². The Morgan fingerprint density at radius 3 is 2.32 bits per heavy atom. The minimum Gasteiger partial charge on any atom is -0.489 e. The fourth-order valence-electron chi connectivity index (χ4n) is 2.35. The molecule has 3 rings (SSSR count). The van der Waals surface area contributed by atoms with Crippen molar-refractivity contribution in [2.45, 2.75) is 6.61 Å². The number of rotatable bonds is 6. The number of hydrazone groups is 1. The summed E-state index contributed by atoms with van der Waals surface area (Å²) in [7, 11) is 0. The van der Waals surface area contributed by atoms with E-state index in [4.69, 9.17) is 4.74 Å². The summed E-state index contributed by atoms with van der Waals surface area (Å²) in [6.07, 6.45) is 1.45. The fraction of sp³-hybridized carbons (Fsp3) is 0.0455. The van der Waals surface area contributed by atoms with Crippen LogP contribution in [-0.4, -0.2) is 18.0 Å². The molecular weight excluding hydrogens is 354 g/mol. The normalized spacial score (nSPS) is 10.4. The zero-order valence-electron chi connectivity index (χ0n) is 15.0. The molecule has 3 aromatic rings. The lowest BCUT2D eigenvalue weighted by molar-refractivity contribution is -0.136. The molecule has 0 atom stereocenters. The van der Waals surface area contributed by atoms with Crippen molar-refractivity contribution >= 4 is 23.7 Å². The zero-order chi connectivity index (χ0) is 19.6. The number of anilines is 1. The Morgan fingerprint density at radius 1 is 0.857 bits per heavy atom. The highest BCUT2D eigenvalue weighted by Crippen LogP contribution is 2.14. The standard InChI is InChI=1S/C22H19N3O3/c26-21(24-19-11-5-2-6-12-19)22(27)25-23-15-18-10-7-13-20(14-18)28-16-17-8-3-1-4-9-17/h1-15H,16H2,(H,24,26)(H,25,27)/b23-15+. The third-order valence-electron chi connectivity index (χ3n) is 3.72. The molecule has 0 saturated heterocycles. The maximum absolute atomic E-state index is 11.8. The first-order chi connectivity index (χ1) is 13.7. The number of ether oxygens (including phenoxy) is 1. The summed E-state index contributed by atoms with van der Waals surface area (Å²) < 4.78 is 5.75. The minimum atomic E-state index is -0.850. The number of hydrogen-bond donors (Lipinski definition) is 2. The number of amides is 2. The smallest absolute Gasteiger partial charge is 0.329 e. The van der Waals surface area contributed by atoms with Gasteiger partial charge >= 0.3 is 11.8 Å². The average Bonchev–Trinajstić information content (AvgIpc) is 2.74. The van der Waals surface area contributed by atoms with Crippen LogP contribution in [0, 0.1) is 0 Å². The third-order valence-corrected chi connectivity index (χ3v) is 3.72. The molecule has 0 bridgehead atoms. The molecule has 0 heterocycles. The van der Waals surface area contributed by atoms with Crippen LogP contribution < -0.4 is 15.5 Å². The molecule has 6 nitrogen and oxygen atoms in total. The molecule has 0 aromatic heterocycles. The lowest BCUT2D eigenvalue weighted by atomic mass is 10.2. The fourth-order valence-corrected chi connectivity index (χ4v) is 2.35. The second-order valence-electron chi connectivity index (χ2n) is 5.87. The van der Waals surface area contributed by atoms with Crippen molar-refractivity contribution in [1.82, 2.24) is 5.43 Å². The van der Waals surface area contributed by atoms with Crippen LogP contribution in [-0.2, 0) is 16.2 Å². The maximum atomic E-state index is 11.8. The molecule has 0 spiro atoms. The Bertz CT molecular complexity index is 957. The molecule has 0 fully saturated rings. The SMILES string of the molecule is O=C(N/N=C/c1cccc(OCc2ccccc2)c1)C(=O)Nc1ccccc1. The molecule has 2 amide bonds. The van der Waals surface area contributed by atoms with Gasteiger partial charge in [0.25, 0.3) is 0 Å². The molecule has 3 aromatic carbocycles. The monoisotopic (exact) mass is 373 g/mol. The molecule has 0 saturated carbocycles. The molecule has 0 aliphatic rings. The molecular formula is C22H19N3O3. The first-order valence-corrected chi connectivity index (χ1v) is 8.67. The number of para-hydroxylation sites is 1. The Balaban J connectivity index is 1.51. The molecule has 2 N–H and O–H groups in total. The summed E-state index contributed by atoms with van der Waals surface area (Å²) >= 11 is 0. The zero-order valence-corrected chi connectivity index (χ0v) is 15.0. The molecule has 0 aliphatic heterocycles. The van der Waals surface area contributed by atoms with Crippen LogP contribution in [0.25, 0.3) is 0 Å². The number of benzene rings is 3. The van der Waals surface area contributed by atoms with E-state index in [0.29, 0.717) is 18.0 Å². The summed E-state index contributed by atoms with van der Waals surface area (Å²) in [5.74, 6) is -0.958. The van der Waals surface area contributed by atoms with Gasteiger partial charge in [-0.1, -0.05) is 60.7 Å². The van der Waals surface area contributed by atoms with Gasteiger partial charge in [0.1, 0.15) is 12.4 Å². The molecule has 0 aliphatic carbocycles. The van der Waals surface area contributed by atoms with Gasteiger partial charge in [-0.3, -0.25) is 9.59 Å². The predicted molar refractivity (Wildman–Crippen MR) is 108 cm³/mol. The highest BCUT2D eigenvalue weighted by molar-refractivity contribution is 6.39. The largest absolute Gasteiger partial charge is 0.489 e. The number of nitrogens with one attached hydrogen (secondary N) is 2.